The van der Waals surface area contributed by atoms with Gasteiger partial charge in [0.15, 0.2) is 0 Å². The molecule has 0 spiro atoms. The van der Waals surface area contributed by atoms with Crippen LogP contribution in [0.3, 0.4) is 0 Å². The van der Waals surface area contributed by atoms with E-state index in [4.69, 9.17) is 9.47 Å². The van der Waals surface area contributed by atoms with Crippen LogP contribution in [0.4, 0.5) is 0 Å². The maximum absolute atomic E-state index is 13.1. The molecule has 10 heteroatoms. The van der Waals surface area contributed by atoms with E-state index < -0.39 is 5.60 Å². The van der Waals surface area contributed by atoms with Gasteiger partial charge < -0.3 is 30.3 Å². The number of hydrogen-bond donors (Lipinski definition) is 4. The van der Waals surface area contributed by atoms with Crippen LogP contribution in [0.15, 0.2) is 54.0 Å². The number of pyridine rings is 1. The normalized spacial score (nSPS) is 18.9. The Morgan fingerprint density at radius 2 is 1.88 bits per heavy atom. The summed E-state index contributed by atoms with van der Waals surface area (Å²) >= 11 is 0. The third kappa shape index (κ3) is 6.56. The van der Waals surface area contributed by atoms with E-state index in [1.807, 2.05) is 0 Å². The van der Waals surface area contributed by atoms with E-state index in [-0.39, 0.29) is 36.3 Å². The second-order valence-corrected chi connectivity index (χ2v) is 11.2. The molecule has 2 aliphatic carbocycles. The van der Waals surface area contributed by atoms with E-state index in [1.54, 1.807) is 42.8 Å². The van der Waals surface area contributed by atoms with Gasteiger partial charge in [-0.3, -0.25) is 9.59 Å². The van der Waals surface area contributed by atoms with Gasteiger partial charge in [0.25, 0.3) is 11.8 Å². The number of rotatable bonds is 10. The lowest BCUT2D eigenvalue weighted by atomic mass is 9.92. The van der Waals surface area contributed by atoms with Gasteiger partial charge >= 0.3 is 0 Å². The smallest absolute Gasteiger partial charge is 0.259 e. The number of nitrogens with zero attached hydrogens (tertiary/aromatic N) is 2. The Morgan fingerprint density at radius 1 is 1.10 bits per heavy atom. The van der Waals surface area contributed by atoms with Crippen LogP contribution >= 0.6 is 0 Å². The molecule has 0 saturated heterocycles. The fourth-order valence-electron chi connectivity index (χ4n) is 4.89. The van der Waals surface area contributed by atoms with Gasteiger partial charge in [-0.2, -0.15) is 5.10 Å². The SMILES string of the molecule is CCC1=C(NC(=O)c2ccc(O)cc2OC2CCC(NC(=O)c3cnn4cc(OCC(C)(C)O)ccc34)CC2)C1. The third-order valence-electron chi connectivity index (χ3n) is 7.22. The second-order valence-electron chi connectivity index (χ2n) is 11.2. The summed E-state index contributed by atoms with van der Waals surface area (Å²) in [6.45, 7) is 5.53. The van der Waals surface area contributed by atoms with Gasteiger partial charge in [0.1, 0.15) is 23.9 Å². The van der Waals surface area contributed by atoms with Crippen LogP contribution in [0.1, 0.15) is 80.0 Å². The zero-order chi connectivity index (χ0) is 28.4. The molecular weight excluding hydrogens is 512 g/mol. The average Bonchev–Trinajstić information content (AvgIpc) is 3.53. The standard InChI is InChI=1S/C30H36N4O6/c1-4-18-13-25(18)33-28(36)23-11-7-20(35)14-27(23)40-21-8-5-19(6-9-21)32-29(37)24-15-31-34-16-22(10-12-26(24)34)39-17-30(2,3)38/h7,10-12,14-16,19,21,35,38H,4-6,8-9,13,17H2,1-3H3,(H,32,37)(H,33,36). The van der Waals surface area contributed by atoms with Crippen molar-refractivity contribution in [2.75, 3.05) is 6.61 Å². The van der Waals surface area contributed by atoms with Crippen molar-refractivity contribution in [1.29, 1.82) is 0 Å². The lowest BCUT2D eigenvalue weighted by Gasteiger charge is -2.30. The number of phenolic OH excluding ortho intramolecular Hbond substituents is 1. The average molecular weight is 549 g/mol. The highest BCUT2D eigenvalue weighted by Crippen LogP contribution is 2.33. The summed E-state index contributed by atoms with van der Waals surface area (Å²) in [5.41, 5.74) is 2.78. The molecule has 40 heavy (non-hydrogen) atoms. The molecule has 0 bridgehead atoms. The van der Waals surface area contributed by atoms with Crippen molar-refractivity contribution in [3.05, 3.63) is 65.1 Å². The molecule has 5 rings (SSSR count). The van der Waals surface area contributed by atoms with Crippen molar-refractivity contribution in [3.8, 4) is 17.2 Å². The van der Waals surface area contributed by atoms with Crippen molar-refractivity contribution in [2.24, 2.45) is 0 Å². The molecule has 2 heterocycles. The van der Waals surface area contributed by atoms with Gasteiger partial charge in [-0.25, -0.2) is 4.52 Å². The van der Waals surface area contributed by atoms with Crippen LogP contribution in [-0.4, -0.2) is 56.0 Å². The highest BCUT2D eigenvalue weighted by Gasteiger charge is 2.28. The van der Waals surface area contributed by atoms with Crippen molar-refractivity contribution < 1.29 is 29.3 Å². The number of aliphatic hydroxyl groups is 1. The van der Waals surface area contributed by atoms with Crippen LogP contribution < -0.4 is 20.1 Å². The number of aromatic hydroxyl groups is 1. The van der Waals surface area contributed by atoms with Crippen LogP contribution in [-0.2, 0) is 0 Å². The summed E-state index contributed by atoms with van der Waals surface area (Å²) in [5.74, 6) is 0.514. The van der Waals surface area contributed by atoms with Gasteiger partial charge in [0.05, 0.1) is 40.7 Å². The first-order chi connectivity index (χ1) is 19.1. The summed E-state index contributed by atoms with van der Waals surface area (Å²) in [7, 11) is 0. The van der Waals surface area contributed by atoms with E-state index in [0.717, 1.165) is 31.4 Å². The summed E-state index contributed by atoms with van der Waals surface area (Å²) in [4.78, 5) is 25.9. The highest BCUT2D eigenvalue weighted by molar-refractivity contribution is 6.01. The molecule has 2 aliphatic rings. The lowest BCUT2D eigenvalue weighted by molar-refractivity contribution is 0.0283. The molecule has 4 N–H and O–H groups in total. The number of ether oxygens (including phenoxy) is 2. The lowest BCUT2D eigenvalue weighted by Crippen LogP contribution is -2.39. The maximum Gasteiger partial charge on any atom is 0.259 e. The number of benzene rings is 1. The zero-order valence-electron chi connectivity index (χ0n) is 23.1. The van der Waals surface area contributed by atoms with Crippen LogP contribution in [0.5, 0.6) is 17.2 Å². The van der Waals surface area contributed by atoms with Crippen LogP contribution in [0.25, 0.3) is 5.52 Å². The van der Waals surface area contributed by atoms with E-state index in [9.17, 15) is 19.8 Å². The number of fused-ring (bicyclic) bond motifs is 1. The van der Waals surface area contributed by atoms with Gasteiger partial charge in [0, 0.05) is 24.2 Å². The molecule has 0 atom stereocenters. The number of allylic oxidation sites excluding steroid dienone is 2. The summed E-state index contributed by atoms with van der Waals surface area (Å²) in [6.07, 6.45) is 7.68. The molecule has 1 aromatic carbocycles. The third-order valence-corrected chi connectivity index (χ3v) is 7.22. The molecule has 0 aliphatic heterocycles. The number of phenols is 1. The first kappa shape index (κ1) is 27.5. The Labute approximate surface area is 233 Å². The van der Waals surface area contributed by atoms with E-state index in [1.165, 1.54) is 23.9 Å². The van der Waals surface area contributed by atoms with E-state index >= 15 is 0 Å². The summed E-state index contributed by atoms with van der Waals surface area (Å²) in [5, 5.41) is 30.2. The van der Waals surface area contributed by atoms with Crippen molar-refractivity contribution in [2.45, 2.75) is 77.0 Å². The maximum atomic E-state index is 13.1. The monoisotopic (exact) mass is 548 g/mol. The Hall–Kier alpha value is -4.05. The second kappa shape index (κ2) is 11.2. The summed E-state index contributed by atoms with van der Waals surface area (Å²) < 4.78 is 13.4. The molecule has 2 amide bonds. The van der Waals surface area contributed by atoms with Gasteiger partial charge in [-0.15, -0.1) is 0 Å². The predicted molar refractivity (Wildman–Crippen MR) is 149 cm³/mol. The van der Waals surface area contributed by atoms with Gasteiger partial charge in [0.2, 0.25) is 0 Å². The largest absolute Gasteiger partial charge is 0.508 e. The molecule has 0 radical (unpaired) electrons. The van der Waals surface area contributed by atoms with Crippen molar-refractivity contribution >= 4 is 17.3 Å². The molecule has 212 valence electrons. The van der Waals surface area contributed by atoms with Crippen LogP contribution in [0, 0.1) is 0 Å². The molecule has 0 unspecified atom stereocenters. The highest BCUT2D eigenvalue weighted by atomic mass is 16.5. The Morgan fingerprint density at radius 3 is 2.58 bits per heavy atom. The van der Waals surface area contributed by atoms with Gasteiger partial charge in [-0.05, 0) is 75.8 Å². The summed E-state index contributed by atoms with van der Waals surface area (Å²) in [6, 6.07) is 8.06. The molecule has 3 aromatic rings. The molecule has 10 nitrogen and oxygen atoms in total. The predicted octanol–water partition coefficient (Wildman–Crippen LogP) is 4.11. The Balaban J connectivity index is 1.16. The number of carbonyl (C=O) groups excluding carboxylic acids is 2. The van der Waals surface area contributed by atoms with Gasteiger partial charge in [-0.1, -0.05) is 6.92 Å². The first-order valence-corrected chi connectivity index (χ1v) is 13.7. The number of nitrogens with one attached hydrogen (secondary N) is 2. The van der Waals surface area contributed by atoms with Crippen LogP contribution in [0.2, 0.25) is 0 Å². The Kier molecular flexibility index (Phi) is 7.71. The minimum absolute atomic E-state index is 0.0158. The zero-order valence-corrected chi connectivity index (χ0v) is 23.1. The quantitative estimate of drug-likeness (QED) is 0.300. The first-order valence-electron chi connectivity index (χ1n) is 13.7. The number of amides is 2. The Bertz CT molecular complexity index is 1450. The number of hydrogen-bond acceptors (Lipinski definition) is 7. The molecule has 1 fully saturated rings. The van der Waals surface area contributed by atoms with Crippen molar-refractivity contribution in [1.82, 2.24) is 20.2 Å². The molecule has 2 aromatic heterocycles. The number of carbonyl (C=O) groups is 2. The molecule has 1 saturated carbocycles. The van der Waals surface area contributed by atoms with E-state index in [0.29, 0.717) is 41.0 Å². The fourth-order valence-corrected chi connectivity index (χ4v) is 4.89. The van der Waals surface area contributed by atoms with Crippen molar-refractivity contribution in [3.63, 3.8) is 0 Å². The minimum Gasteiger partial charge on any atom is -0.508 e. The van der Waals surface area contributed by atoms with E-state index in [2.05, 4.69) is 22.7 Å². The topological polar surface area (TPSA) is 134 Å². The number of aromatic nitrogens is 2. The fraction of sp³-hybridized carbons (Fsp3) is 0.433. The minimum atomic E-state index is -0.958. The molecular formula is C30H36N4O6.